The van der Waals surface area contributed by atoms with Crippen LogP contribution >= 0.6 is 0 Å². The molecule has 2 nitrogen and oxygen atoms in total. The van der Waals surface area contributed by atoms with Crippen molar-refractivity contribution < 1.29 is 0 Å². The van der Waals surface area contributed by atoms with E-state index in [1.165, 1.54) is 0 Å². The van der Waals surface area contributed by atoms with Gasteiger partial charge in [-0.2, -0.15) is 0 Å². The first-order chi connectivity index (χ1) is 7.14. The highest BCUT2D eigenvalue weighted by atomic mass is 15.1. The Labute approximate surface area is 103 Å². The van der Waals surface area contributed by atoms with Gasteiger partial charge >= 0.3 is 0 Å². The maximum absolute atomic E-state index is 3.50. The standard InChI is InChI=1S/C14H32N2/c1-11(2)15-9-12(3)10-16(8)13(4)14(5,6)7/h11-13,15H,9-10H2,1-8H3. The van der Waals surface area contributed by atoms with Gasteiger partial charge in [-0.05, 0) is 31.8 Å². The van der Waals surface area contributed by atoms with Crippen LogP contribution in [0.5, 0.6) is 0 Å². The maximum Gasteiger partial charge on any atom is 0.0112 e. The number of nitrogens with one attached hydrogen (secondary N) is 1. The van der Waals surface area contributed by atoms with Gasteiger partial charge in [-0.15, -0.1) is 0 Å². The third-order valence-electron chi connectivity index (χ3n) is 3.39. The smallest absolute Gasteiger partial charge is 0.0112 e. The topological polar surface area (TPSA) is 15.3 Å². The van der Waals surface area contributed by atoms with E-state index >= 15 is 0 Å². The molecule has 16 heavy (non-hydrogen) atoms. The molecule has 2 atom stereocenters. The van der Waals surface area contributed by atoms with E-state index < -0.39 is 0 Å². The lowest BCUT2D eigenvalue weighted by Crippen LogP contribution is -2.43. The molecule has 2 unspecified atom stereocenters. The lowest BCUT2D eigenvalue weighted by Gasteiger charge is -2.36. The van der Waals surface area contributed by atoms with Crippen molar-refractivity contribution in [2.45, 2.75) is 60.5 Å². The Morgan fingerprint density at radius 3 is 1.94 bits per heavy atom. The van der Waals surface area contributed by atoms with Crippen LogP contribution in [0.4, 0.5) is 0 Å². The van der Waals surface area contributed by atoms with Gasteiger partial charge in [0, 0.05) is 18.6 Å². The predicted molar refractivity (Wildman–Crippen MR) is 73.8 cm³/mol. The molecule has 0 rings (SSSR count). The molecule has 0 aromatic rings. The van der Waals surface area contributed by atoms with Gasteiger partial charge in [0.05, 0.1) is 0 Å². The van der Waals surface area contributed by atoms with Gasteiger partial charge in [0.1, 0.15) is 0 Å². The lowest BCUT2D eigenvalue weighted by atomic mass is 9.87. The van der Waals surface area contributed by atoms with Crippen LogP contribution in [0.1, 0.15) is 48.5 Å². The SMILES string of the molecule is CC(CNC(C)C)CN(C)C(C)C(C)(C)C. The third kappa shape index (κ3) is 6.49. The van der Waals surface area contributed by atoms with Crippen LogP contribution in [0.15, 0.2) is 0 Å². The summed E-state index contributed by atoms with van der Waals surface area (Å²) in [6.07, 6.45) is 0. The van der Waals surface area contributed by atoms with E-state index in [0.717, 1.165) is 13.1 Å². The van der Waals surface area contributed by atoms with Crippen molar-refractivity contribution in [1.82, 2.24) is 10.2 Å². The average Bonchev–Trinajstić information content (AvgIpc) is 2.11. The molecule has 0 aliphatic carbocycles. The Hall–Kier alpha value is -0.0800. The molecule has 0 amide bonds. The molecule has 0 heterocycles. The molecular weight excluding hydrogens is 196 g/mol. The summed E-state index contributed by atoms with van der Waals surface area (Å²) in [5, 5.41) is 3.50. The summed E-state index contributed by atoms with van der Waals surface area (Å²) in [5.74, 6) is 0.706. The lowest BCUT2D eigenvalue weighted by molar-refractivity contribution is 0.125. The number of nitrogens with zero attached hydrogens (tertiary/aromatic N) is 1. The normalized spacial score (nSPS) is 16.9. The van der Waals surface area contributed by atoms with Gasteiger partial charge in [0.25, 0.3) is 0 Å². The van der Waals surface area contributed by atoms with E-state index in [4.69, 9.17) is 0 Å². The summed E-state index contributed by atoms with van der Waals surface area (Å²) in [5.41, 5.74) is 0.361. The fraction of sp³-hybridized carbons (Fsp3) is 1.00. The summed E-state index contributed by atoms with van der Waals surface area (Å²) >= 11 is 0. The van der Waals surface area contributed by atoms with Crippen LogP contribution in [0, 0.1) is 11.3 Å². The minimum atomic E-state index is 0.361. The number of rotatable bonds is 6. The second-order valence-electron chi connectivity index (χ2n) is 6.65. The average molecular weight is 228 g/mol. The van der Waals surface area contributed by atoms with E-state index in [0.29, 0.717) is 23.4 Å². The highest BCUT2D eigenvalue weighted by Crippen LogP contribution is 2.23. The van der Waals surface area contributed by atoms with E-state index in [9.17, 15) is 0 Å². The predicted octanol–water partition coefficient (Wildman–Crippen LogP) is 2.99. The number of hydrogen-bond donors (Lipinski definition) is 1. The Bertz CT molecular complexity index is 182. The zero-order valence-electron chi connectivity index (χ0n) is 12.6. The zero-order chi connectivity index (χ0) is 12.9. The Kier molecular flexibility index (Phi) is 6.57. The highest BCUT2D eigenvalue weighted by molar-refractivity contribution is 4.78. The van der Waals surface area contributed by atoms with Crippen molar-refractivity contribution >= 4 is 0 Å². The van der Waals surface area contributed by atoms with Gasteiger partial charge in [-0.1, -0.05) is 41.5 Å². The molecule has 0 saturated heterocycles. The molecule has 1 N–H and O–H groups in total. The second kappa shape index (κ2) is 6.61. The van der Waals surface area contributed by atoms with Gasteiger partial charge in [0.15, 0.2) is 0 Å². The molecule has 0 saturated carbocycles. The molecule has 98 valence electrons. The third-order valence-corrected chi connectivity index (χ3v) is 3.39. The van der Waals surface area contributed by atoms with E-state index in [1.807, 2.05) is 0 Å². The van der Waals surface area contributed by atoms with Gasteiger partial charge < -0.3 is 10.2 Å². The van der Waals surface area contributed by atoms with Crippen molar-refractivity contribution in [3.63, 3.8) is 0 Å². The molecule has 0 aliphatic heterocycles. The molecule has 0 radical (unpaired) electrons. The monoisotopic (exact) mass is 228 g/mol. The van der Waals surface area contributed by atoms with Crippen molar-refractivity contribution in [2.24, 2.45) is 11.3 Å². The fourth-order valence-corrected chi connectivity index (χ4v) is 1.81. The first-order valence-corrected chi connectivity index (χ1v) is 6.58. The van der Waals surface area contributed by atoms with Crippen LogP contribution in [0.25, 0.3) is 0 Å². The van der Waals surface area contributed by atoms with Crippen molar-refractivity contribution in [2.75, 3.05) is 20.1 Å². The zero-order valence-corrected chi connectivity index (χ0v) is 12.6. The molecule has 0 aromatic heterocycles. The van der Waals surface area contributed by atoms with Crippen LogP contribution in [0.2, 0.25) is 0 Å². The maximum atomic E-state index is 3.50. The Balaban J connectivity index is 3.99. The Morgan fingerprint density at radius 2 is 1.56 bits per heavy atom. The molecule has 0 aromatic carbocycles. The first kappa shape index (κ1) is 15.9. The van der Waals surface area contributed by atoms with Gasteiger partial charge in [-0.3, -0.25) is 0 Å². The quantitative estimate of drug-likeness (QED) is 0.752. The molecule has 0 aliphatic rings. The van der Waals surface area contributed by atoms with Crippen molar-refractivity contribution in [3.05, 3.63) is 0 Å². The summed E-state index contributed by atoms with van der Waals surface area (Å²) in [7, 11) is 2.24. The van der Waals surface area contributed by atoms with Gasteiger partial charge in [-0.25, -0.2) is 0 Å². The summed E-state index contributed by atoms with van der Waals surface area (Å²) in [4.78, 5) is 2.48. The minimum Gasteiger partial charge on any atom is -0.314 e. The molecule has 2 heteroatoms. The van der Waals surface area contributed by atoms with Crippen molar-refractivity contribution in [1.29, 1.82) is 0 Å². The van der Waals surface area contributed by atoms with Crippen LogP contribution < -0.4 is 5.32 Å². The van der Waals surface area contributed by atoms with Crippen LogP contribution in [-0.2, 0) is 0 Å². The molecular formula is C14H32N2. The summed E-state index contributed by atoms with van der Waals surface area (Å²) in [6.45, 7) is 18.3. The summed E-state index contributed by atoms with van der Waals surface area (Å²) in [6, 6.07) is 1.21. The second-order valence-corrected chi connectivity index (χ2v) is 6.65. The van der Waals surface area contributed by atoms with Crippen LogP contribution in [0.3, 0.4) is 0 Å². The van der Waals surface area contributed by atoms with Gasteiger partial charge in [0.2, 0.25) is 0 Å². The highest BCUT2D eigenvalue weighted by Gasteiger charge is 2.24. The van der Waals surface area contributed by atoms with E-state index in [-0.39, 0.29) is 0 Å². The molecule has 0 spiro atoms. The largest absolute Gasteiger partial charge is 0.314 e. The van der Waals surface area contributed by atoms with Crippen molar-refractivity contribution in [3.8, 4) is 0 Å². The minimum absolute atomic E-state index is 0.361. The molecule has 0 bridgehead atoms. The van der Waals surface area contributed by atoms with E-state index in [2.05, 4.69) is 65.7 Å². The molecule has 0 fully saturated rings. The number of hydrogen-bond acceptors (Lipinski definition) is 2. The summed E-state index contributed by atoms with van der Waals surface area (Å²) < 4.78 is 0. The van der Waals surface area contributed by atoms with E-state index in [1.54, 1.807) is 0 Å². The Morgan fingerprint density at radius 1 is 1.06 bits per heavy atom. The fourth-order valence-electron chi connectivity index (χ4n) is 1.81. The van der Waals surface area contributed by atoms with Crippen LogP contribution in [-0.4, -0.2) is 37.1 Å². The first-order valence-electron chi connectivity index (χ1n) is 6.58.